The normalized spacial score (nSPS) is 21.0. The Hall–Kier alpha value is -2.14. The first-order chi connectivity index (χ1) is 10.7. The number of rotatable bonds is 5. The summed E-state index contributed by atoms with van der Waals surface area (Å²) in [5.74, 6) is 0.445. The molecule has 3 rings (SSSR count). The maximum Gasteiger partial charge on any atom is 0.220 e. The summed E-state index contributed by atoms with van der Waals surface area (Å²) in [5, 5.41) is 7.17. The number of hydrogen-bond acceptors (Lipinski definition) is 3. The van der Waals surface area contributed by atoms with E-state index in [1.807, 2.05) is 41.2 Å². The second-order valence-corrected chi connectivity index (χ2v) is 5.95. The van der Waals surface area contributed by atoms with E-state index in [0.29, 0.717) is 18.9 Å². The number of nitrogens with two attached hydrogens (primary N) is 1. The van der Waals surface area contributed by atoms with E-state index >= 15 is 0 Å². The summed E-state index contributed by atoms with van der Waals surface area (Å²) in [6.45, 7) is 0.556. The molecule has 0 spiro atoms. The maximum absolute atomic E-state index is 12.0. The molecule has 1 amide bonds. The molecule has 2 aromatic rings. The molecule has 5 nitrogen and oxygen atoms in total. The Morgan fingerprint density at radius 1 is 1.32 bits per heavy atom. The van der Waals surface area contributed by atoms with Crippen molar-refractivity contribution in [3.8, 4) is 5.69 Å². The minimum Gasteiger partial charge on any atom is -0.352 e. The molecule has 0 radical (unpaired) electrons. The van der Waals surface area contributed by atoms with Gasteiger partial charge in [0.05, 0.1) is 5.69 Å². The minimum atomic E-state index is 0.0958. The molecule has 2 atom stereocenters. The van der Waals surface area contributed by atoms with Crippen molar-refractivity contribution < 1.29 is 4.79 Å². The molecule has 1 aliphatic rings. The highest BCUT2D eigenvalue weighted by molar-refractivity contribution is 5.76. The third-order valence-corrected chi connectivity index (χ3v) is 4.36. The summed E-state index contributed by atoms with van der Waals surface area (Å²) in [7, 11) is 0. The van der Waals surface area contributed by atoms with Crippen molar-refractivity contribution in [1.82, 2.24) is 15.1 Å². The van der Waals surface area contributed by atoms with Crippen LogP contribution in [0.1, 0.15) is 31.2 Å². The Balaban J connectivity index is 1.50. The minimum absolute atomic E-state index is 0.0958. The van der Waals surface area contributed by atoms with Gasteiger partial charge in [-0.2, -0.15) is 5.10 Å². The SMILES string of the molecule is N[C@@H]1CCC[C@H]1CC(=O)NCc1ccc(-n2cccn2)cc1. The monoisotopic (exact) mass is 298 g/mol. The van der Waals surface area contributed by atoms with Crippen LogP contribution in [0.4, 0.5) is 0 Å². The van der Waals surface area contributed by atoms with Crippen molar-refractivity contribution in [2.45, 2.75) is 38.3 Å². The van der Waals surface area contributed by atoms with Crippen molar-refractivity contribution >= 4 is 5.91 Å². The number of aromatic nitrogens is 2. The van der Waals surface area contributed by atoms with Gasteiger partial charge in [-0.25, -0.2) is 4.68 Å². The van der Waals surface area contributed by atoms with Gasteiger partial charge in [-0.1, -0.05) is 18.6 Å². The molecule has 1 aromatic heterocycles. The lowest BCUT2D eigenvalue weighted by Gasteiger charge is -2.14. The second kappa shape index (κ2) is 6.75. The summed E-state index contributed by atoms with van der Waals surface area (Å²) in [5.41, 5.74) is 8.10. The highest BCUT2D eigenvalue weighted by Crippen LogP contribution is 2.26. The van der Waals surface area contributed by atoms with E-state index in [0.717, 1.165) is 30.5 Å². The van der Waals surface area contributed by atoms with E-state index in [1.54, 1.807) is 6.20 Å². The number of hydrogen-bond donors (Lipinski definition) is 2. The Morgan fingerprint density at radius 3 is 2.77 bits per heavy atom. The lowest BCUT2D eigenvalue weighted by Crippen LogP contribution is -2.31. The highest BCUT2D eigenvalue weighted by Gasteiger charge is 2.25. The molecule has 22 heavy (non-hydrogen) atoms. The van der Waals surface area contributed by atoms with Crippen LogP contribution in [-0.4, -0.2) is 21.7 Å². The van der Waals surface area contributed by atoms with Crippen molar-refractivity contribution in [1.29, 1.82) is 0 Å². The first-order valence-electron chi connectivity index (χ1n) is 7.83. The van der Waals surface area contributed by atoms with Crippen molar-refractivity contribution in [2.24, 2.45) is 11.7 Å². The first kappa shape index (κ1) is 14.8. The quantitative estimate of drug-likeness (QED) is 0.887. The van der Waals surface area contributed by atoms with Crippen LogP contribution in [0.2, 0.25) is 0 Å². The lowest BCUT2D eigenvalue weighted by atomic mass is 10.00. The van der Waals surface area contributed by atoms with Gasteiger partial charge in [-0.05, 0) is 42.5 Å². The lowest BCUT2D eigenvalue weighted by molar-refractivity contribution is -0.122. The molecule has 3 N–H and O–H groups in total. The number of amides is 1. The van der Waals surface area contributed by atoms with Gasteiger partial charge < -0.3 is 11.1 Å². The van der Waals surface area contributed by atoms with Crippen LogP contribution in [-0.2, 0) is 11.3 Å². The summed E-state index contributed by atoms with van der Waals surface area (Å²) >= 11 is 0. The molecule has 1 fully saturated rings. The van der Waals surface area contributed by atoms with Crippen molar-refractivity contribution in [3.63, 3.8) is 0 Å². The van der Waals surface area contributed by atoms with Gasteiger partial charge >= 0.3 is 0 Å². The second-order valence-electron chi connectivity index (χ2n) is 5.95. The fourth-order valence-electron chi connectivity index (χ4n) is 3.02. The third-order valence-electron chi connectivity index (χ3n) is 4.36. The predicted octanol–water partition coefficient (Wildman–Crippen LogP) is 2.01. The Kier molecular flexibility index (Phi) is 4.53. The van der Waals surface area contributed by atoms with Crippen LogP contribution in [0, 0.1) is 5.92 Å². The third kappa shape index (κ3) is 3.54. The number of carbonyl (C=O) groups excluding carboxylic acids is 1. The predicted molar refractivity (Wildman–Crippen MR) is 85.3 cm³/mol. The molecule has 0 aliphatic heterocycles. The van der Waals surface area contributed by atoms with E-state index in [9.17, 15) is 4.79 Å². The van der Waals surface area contributed by atoms with E-state index < -0.39 is 0 Å². The standard InChI is InChI=1S/C17H22N4O/c18-16-4-1-3-14(16)11-17(22)19-12-13-5-7-15(8-6-13)21-10-2-9-20-21/h2,5-10,14,16H,1,3-4,11-12,18H2,(H,19,22)/t14-,16+/m0/s1. The zero-order valence-corrected chi connectivity index (χ0v) is 12.6. The van der Waals surface area contributed by atoms with Crippen molar-refractivity contribution in [3.05, 3.63) is 48.3 Å². The molecule has 1 heterocycles. The van der Waals surface area contributed by atoms with Gasteiger partial charge in [-0.3, -0.25) is 4.79 Å². The first-order valence-corrected chi connectivity index (χ1v) is 7.83. The average molecular weight is 298 g/mol. The fourth-order valence-corrected chi connectivity index (χ4v) is 3.02. The number of benzene rings is 1. The van der Waals surface area contributed by atoms with Crippen LogP contribution >= 0.6 is 0 Å². The van der Waals surface area contributed by atoms with Crippen LogP contribution in [0.25, 0.3) is 5.69 Å². The van der Waals surface area contributed by atoms with Crippen LogP contribution in [0.15, 0.2) is 42.7 Å². The van der Waals surface area contributed by atoms with Gasteiger partial charge in [0.25, 0.3) is 0 Å². The van der Waals surface area contributed by atoms with Gasteiger partial charge in [0.2, 0.25) is 5.91 Å². The van der Waals surface area contributed by atoms with Gasteiger partial charge in [0.1, 0.15) is 0 Å². The summed E-state index contributed by atoms with van der Waals surface area (Å²) in [6, 6.07) is 10.1. The summed E-state index contributed by atoms with van der Waals surface area (Å²) in [6.07, 6.45) is 7.48. The van der Waals surface area contributed by atoms with Crippen LogP contribution < -0.4 is 11.1 Å². The fraction of sp³-hybridized carbons (Fsp3) is 0.412. The number of nitrogens with one attached hydrogen (secondary N) is 1. The van der Waals surface area contributed by atoms with Gasteiger partial charge in [0.15, 0.2) is 0 Å². The molecular weight excluding hydrogens is 276 g/mol. The Bertz CT molecular complexity index is 606. The van der Waals surface area contributed by atoms with E-state index in [1.165, 1.54) is 0 Å². The van der Waals surface area contributed by atoms with Crippen molar-refractivity contribution in [2.75, 3.05) is 0 Å². The van der Waals surface area contributed by atoms with Crippen LogP contribution in [0.3, 0.4) is 0 Å². The molecule has 0 bridgehead atoms. The molecule has 0 saturated heterocycles. The number of nitrogens with zero attached hydrogens (tertiary/aromatic N) is 2. The molecule has 5 heteroatoms. The zero-order valence-electron chi connectivity index (χ0n) is 12.6. The molecule has 1 aliphatic carbocycles. The molecular formula is C17H22N4O. The van der Waals surface area contributed by atoms with E-state index in [2.05, 4.69) is 10.4 Å². The largest absolute Gasteiger partial charge is 0.352 e. The van der Waals surface area contributed by atoms with E-state index in [4.69, 9.17) is 5.73 Å². The average Bonchev–Trinajstić information content (AvgIpc) is 3.18. The van der Waals surface area contributed by atoms with E-state index in [-0.39, 0.29) is 11.9 Å². The Labute approximate surface area is 130 Å². The summed E-state index contributed by atoms with van der Waals surface area (Å²) < 4.78 is 1.81. The van der Waals surface area contributed by atoms with Gasteiger partial charge in [0, 0.05) is 31.4 Å². The highest BCUT2D eigenvalue weighted by atomic mass is 16.1. The maximum atomic E-state index is 12.0. The van der Waals surface area contributed by atoms with Crippen LogP contribution in [0.5, 0.6) is 0 Å². The molecule has 1 aromatic carbocycles. The summed E-state index contributed by atoms with van der Waals surface area (Å²) in [4.78, 5) is 12.0. The smallest absolute Gasteiger partial charge is 0.220 e. The number of carbonyl (C=O) groups is 1. The Morgan fingerprint density at radius 2 is 2.14 bits per heavy atom. The van der Waals surface area contributed by atoms with Gasteiger partial charge in [-0.15, -0.1) is 0 Å². The molecule has 116 valence electrons. The molecule has 1 saturated carbocycles. The molecule has 0 unspecified atom stereocenters. The zero-order chi connectivity index (χ0) is 15.4. The topological polar surface area (TPSA) is 72.9 Å².